The summed E-state index contributed by atoms with van der Waals surface area (Å²) in [6.07, 6.45) is -1.57. The molecule has 0 fully saturated rings. The molecule has 2 atom stereocenters. The second-order valence-corrected chi connectivity index (χ2v) is 5.84. The second-order valence-electron chi connectivity index (χ2n) is 5.53. The number of carbonyl (C=O) groups excluding carboxylic acids is 1. The van der Waals surface area contributed by atoms with Gasteiger partial charge in [-0.2, -0.15) is 0 Å². The minimum atomic E-state index is -1.57. The van der Waals surface area contributed by atoms with E-state index >= 15 is 0 Å². The number of nitrogens with zero attached hydrogens (tertiary/aromatic N) is 2. The fraction of sp³-hybridized carbons (Fsp3) is 0.176. The maximum Gasteiger partial charge on any atom is 0.426 e. The molecule has 3 aromatic rings. The first-order valence-electron chi connectivity index (χ1n) is 7.58. The van der Waals surface area contributed by atoms with E-state index in [1.54, 1.807) is 12.1 Å². The fourth-order valence-electron chi connectivity index (χ4n) is 2.75. The molecule has 1 N–H and O–H groups in total. The first-order valence-corrected chi connectivity index (χ1v) is 8.11. The van der Waals surface area contributed by atoms with Gasteiger partial charge in [0, 0.05) is 11.9 Å². The van der Waals surface area contributed by atoms with Crippen LogP contribution in [0, 0.1) is 16.0 Å². The summed E-state index contributed by atoms with van der Waals surface area (Å²) in [7, 11) is 0. The molecule has 2 aromatic carbocycles. The predicted molar refractivity (Wildman–Crippen MR) is 93.4 cm³/mol. The molecule has 0 saturated heterocycles. The Bertz CT molecular complexity index is 1040. The van der Waals surface area contributed by atoms with Crippen molar-refractivity contribution in [1.82, 2.24) is 4.57 Å². The van der Waals surface area contributed by atoms with Gasteiger partial charge in [-0.3, -0.25) is 14.9 Å². The van der Waals surface area contributed by atoms with Crippen molar-refractivity contribution in [3.63, 3.8) is 0 Å². The van der Waals surface area contributed by atoms with Crippen LogP contribution in [0.4, 0.5) is 5.69 Å². The zero-order chi connectivity index (χ0) is 18.8. The third kappa shape index (κ3) is 3.00. The van der Waals surface area contributed by atoms with Crippen molar-refractivity contribution in [2.45, 2.75) is 6.10 Å². The van der Waals surface area contributed by atoms with Gasteiger partial charge in [0.25, 0.3) is 5.69 Å². The Morgan fingerprint density at radius 1 is 1.23 bits per heavy atom. The van der Waals surface area contributed by atoms with Gasteiger partial charge in [-0.15, -0.1) is 11.6 Å². The largest absolute Gasteiger partial charge is 0.426 e. The summed E-state index contributed by atoms with van der Waals surface area (Å²) in [6, 6.07) is 11.8. The van der Waals surface area contributed by atoms with Crippen LogP contribution in [0.25, 0.3) is 11.1 Å². The molecule has 0 saturated carbocycles. The molecule has 1 heterocycles. The highest BCUT2D eigenvalue weighted by Crippen LogP contribution is 2.31. The van der Waals surface area contributed by atoms with E-state index in [2.05, 4.69) is 0 Å². The van der Waals surface area contributed by atoms with E-state index in [4.69, 9.17) is 16.0 Å². The van der Waals surface area contributed by atoms with Crippen molar-refractivity contribution in [2.75, 3.05) is 5.88 Å². The third-order valence-corrected chi connectivity index (χ3v) is 4.36. The molecule has 8 nitrogen and oxygen atoms in total. The number of nitro benzene ring substituents is 1. The number of nitro groups is 1. The van der Waals surface area contributed by atoms with Gasteiger partial charge in [-0.25, -0.2) is 9.36 Å². The van der Waals surface area contributed by atoms with Crippen LogP contribution < -0.4 is 5.76 Å². The maximum absolute atomic E-state index is 12.9. The van der Waals surface area contributed by atoms with Crippen LogP contribution in [-0.2, 0) is 0 Å². The van der Waals surface area contributed by atoms with Crippen molar-refractivity contribution in [3.8, 4) is 0 Å². The van der Waals surface area contributed by atoms with Gasteiger partial charge in [0.15, 0.2) is 5.58 Å². The van der Waals surface area contributed by atoms with Crippen LogP contribution in [0.1, 0.15) is 16.5 Å². The number of fused-ring (bicyclic) bond motifs is 1. The second kappa shape index (κ2) is 7.11. The highest BCUT2D eigenvalue weighted by atomic mass is 35.5. The van der Waals surface area contributed by atoms with Gasteiger partial charge in [0.05, 0.1) is 28.0 Å². The summed E-state index contributed by atoms with van der Waals surface area (Å²) in [6.45, 7) is 0. The molecule has 134 valence electrons. The van der Waals surface area contributed by atoms with Crippen molar-refractivity contribution >= 4 is 34.3 Å². The number of aliphatic hydroxyl groups excluding tert-OH is 1. The van der Waals surface area contributed by atoms with E-state index in [9.17, 15) is 24.8 Å². The first kappa shape index (κ1) is 17.8. The average molecular weight is 377 g/mol. The topological polar surface area (TPSA) is 116 Å². The standard InChI is InChI=1S/C17H13ClN2O6/c18-9-11(15(21)10-5-1-2-6-12(10)20(24)25)16(22)19-13-7-3-4-8-14(13)26-17(19)23/h1-8,11,15,21H,9H2/t11-,15-/m0/s1. The quantitative estimate of drug-likeness (QED) is 0.416. The maximum atomic E-state index is 12.9. The molecule has 1 aromatic heterocycles. The Morgan fingerprint density at radius 2 is 1.88 bits per heavy atom. The Hall–Kier alpha value is -2.97. The van der Waals surface area contributed by atoms with Gasteiger partial charge >= 0.3 is 5.76 Å². The average Bonchev–Trinajstić information content (AvgIpc) is 2.97. The highest BCUT2D eigenvalue weighted by Gasteiger charge is 2.34. The third-order valence-electron chi connectivity index (χ3n) is 4.02. The van der Waals surface area contributed by atoms with E-state index < -0.39 is 28.6 Å². The molecule has 0 aliphatic rings. The predicted octanol–water partition coefficient (Wildman–Crippen LogP) is 2.73. The fourth-order valence-corrected chi connectivity index (χ4v) is 3.05. The number of benzene rings is 2. The summed E-state index contributed by atoms with van der Waals surface area (Å²) >= 11 is 5.86. The van der Waals surface area contributed by atoms with E-state index in [0.29, 0.717) is 0 Å². The highest BCUT2D eigenvalue weighted by molar-refractivity contribution is 6.19. The van der Waals surface area contributed by atoms with Gasteiger partial charge in [-0.1, -0.05) is 24.3 Å². The Labute approximate surface area is 151 Å². The molecule has 0 radical (unpaired) electrons. The summed E-state index contributed by atoms with van der Waals surface area (Å²) in [5.74, 6) is -3.35. The Morgan fingerprint density at radius 3 is 2.58 bits per heavy atom. The van der Waals surface area contributed by atoms with Crippen molar-refractivity contribution in [3.05, 3.63) is 74.8 Å². The van der Waals surface area contributed by atoms with Crippen molar-refractivity contribution in [1.29, 1.82) is 0 Å². The molecule has 9 heteroatoms. The monoisotopic (exact) mass is 376 g/mol. The Kier molecular flexibility index (Phi) is 4.88. The number of halogens is 1. The van der Waals surface area contributed by atoms with Crippen molar-refractivity contribution in [2.24, 2.45) is 5.92 Å². The number of aliphatic hydroxyl groups is 1. The Balaban J connectivity index is 2.06. The SMILES string of the molecule is O=C([C@@H](CCl)[C@@H](O)c1ccccc1[N+](=O)[O-])n1c(=O)oc2ccccc21. The van der Waals surface area contributed by atoms with Gasteiger partial charge in [0.2, 0.25) is 5.91 Å². The number of alkyl halides is 1. The summed E-state index contributed by atoms with van der Waals surface area (Å²) in [4.78, 5) is 35.4. The molecule has 0 unspecified atom stereocenters. The number of oxazole rings is 1. The van der Waals surface area contributed by atoms with Gasteiger partial charge < -0.3 is 9.52 Å². The van der Waals surface area contributed by atoms with Gasteiger partial charge in [0.1, 0.15) is 0 Å². The zero-order valence-corrected chi connectivity index (χ0v) is 14.0. The molecule has 0 spiro atoms. The summed E-state index contributed by atoms with van der Waals surface area (Å²) in [5.41, 5.74) is 0.0383. The molecule has 0 bridgehead atoms. The summed E-state index contributed by atoms with van der Waals surface area (Å²) in [5, 5.41) is 21.8. The number of hydrogen-bond acceptors (Lipinski definition) is 6. The molecular formula is C17H13ClN2O6. The van der Waals surface area contributed by atoms with Crippen LogP contribution in [0.5, 0.6) is 0 Å². The van der Waals surface area contributed by atoms with Crippen LogP contribution in [0.15, 0.2) is 57.7 Å². The lowest BCUT2D eigenvalue weighted by Crippen LogP contribution is -2.34. The lowest BCUT2D eigenvalue weighted by molar-refractivity contribution is -0.386. The van der Waals surface area contributed by atoms with Crippen LogP contribution in [-0.4, -0.2) is 26.4 Å². The minimum Gasteiger partial charge on any atom is -0.407 e. The molecule has 0 aliphatic carbocycles. The molecule has 3 rings (SSSR count). The van der Waals surface area contributed by atoms with Crippen LogP contribution in [0.2, 0.25) is 0 Å². The summed E-state index contributed by atoms with van der Waals surface area (Å²) < 4.78 is 5.79. The van der Waals surface area contributed by atoms with E-state index in [1.807, 2.05) is 0 Å². The number of para-hydroxylation sites is 3. The van der Waals surface area contributed by atoms with E-state index in [1.165, 1.54) is 36.4 Å². The number of hydrogen-bond donors (Lipinski definition) is 1. The smallest absolute Gasteiger partial charge is 0.407 e. The van der Waals surface area contributed by atoms with Crippen molar-refractivity contribution < 1.29 is 19.2 Å². The minimum absolute atomic E-state index is 0.0580. The zero-order valence-electron chi connectivity index (χ0n) is 13.2. The molecule has 26 heavy (non-hydrogen) atoms. The first-order chi connectivity index (χ1) is 12.5. The van der Waals surface area contributed by atoms with E-state index in [0.717, 1.165) is 4.57 Å². The normalized spacial score (nSPS) is 13.5. The number of rotatable bonds is 5. The number of aromatic nitrogens is 1. The number of carbonyl (C=O) groups is 1. The lowest BCUT2D eigenvalue weighted by Gasteiger charge is -2.19. The van der Waals surface area contributed by atoms with Gasteiger partial charge in [-0.05, 0) is 18.2 Å². The molecule has 0 amide bonds. The van der Waals surface area contributed by atoms with E-state index in [-0.39, 0.29) is 28.2 Å². The molecule has 0 aliphatic heterocycles. The van der Waals surface area contributed by atoms with Crippen LogP contribution >= 0.6 is 11.6 Å². The molecular weight excluding hydrogens is 364 g/mol. The lowest BCUT2D eigenvalue weighted by atomic mass is 9.95. The van der Waals surface area contributed by atoms with Crippen LogP contribution in [0.3, 0.4) is 0 Å².